The summed E-state index contributed by atoms with van der Waals surface area (Å²) in [5.74, 6) is 0.354. The molecule has 1 aromatic rings. The van der Waals surface area contributed by atoms with E-state index in [0.29, 0.717) is 18.9 Å². The lowest BCUT2D eigenvalue weighted by atomic mass is 9.86. The molecule has 0 aromatic carbocycles. The topological polar surface area (TPSA) is 63.8 Å². The first-order chi connectivity index (χ1) is 8.95. The van der Waals surface area contributed by atoms with Gasteiger partial charge in [0.25, 0.3) is 0 Å². The number of hydrogen-bond acceptors (Lipinski definition) is 4. The van der Waals surface area contributed by atoms with Crippen LogP contribution in [0.15, 0.2) is 12.1 Å². The number of nitrogens with zero attached hydrogens (tertiary/aromatic N) is 2. The van der Waals surface area contributed by atoms with E-state index in [4.69, 9.17) is 5.73 Å². The quantitative estimate of drug-likeness (QED) is 0.885. The Morgan fingerprint density at radius 3 is 2.37 bits per heavy atom. The zero-order chi connectivity index (χ0) is 13.9. The van der Waals surface area contributed by atoms with Crippen molar-refractivity contribution in [2.75, 3.05) is 18.4 Å². The summed E-state index contributed by atoms with van der Waals surface area (Å²) < 4.78 is 37.0. The Balaban J connectivity index is 1.96. The molecule has 1 heterocycles. The van der Waals surface area contributed by atoms with E-state index in [1.54, 1.807) is 0 Å². The van der Waals surface area contributed by atoms with Gasteiger partial charge >= 0.3 is 6.18 Å². The molecule has 3 N–H and O–H groups in total. The molecule has 0 amide bonds. The molecule has 0 unspecified atom stereocenters. The Kier molecular flexibility index (Phi) is 3.93. The molecule has 1 saturated carbocycles. The fraction of sp³-hybridized carbons (Fsp3) is 0.667. The molecule has 4 nitrogen and oxygen atoms in total. The van der Waals surface area contributed by atoms with Crippen LogP contribution in [-0.4, -0.2) is 23.3 Å². The van der Waals surface area contributed by atoms with Crippen LogP contribution in [0.5, 0.6) is 0 Å². The molecule has 19 heavy (non-hydrogen) atoms. The van der Waals surface area contributed by atoms with E-state index in [9.17, 15) is 13.2 Å². The predicted octanol–water partition coefficient (Wildman–Crippen LogP) is 2.43. The van der Waals surface area contributed by atoms with Gasteiger partial charge in [-0.3, -0.25) is 0 Å². The summed E-state index contributed by atoms with van der Waals surface area (Å²) in [4.78, 5) is 0. The average Bonchev–Trinajstić information content (AvgIpc) is 2.85. The van der Waals surface area contributed by atoms with Crippen LogP contribution in [0.1, 0.15) is 31.4 Å². The molecule has 0 aliphatic heterocycles. The molecule has 1 aliphatic rings. The van der Waals surface area contributed by atoms with Crippen LogP contribution in [0.2, 0.25) is 0 Å². The minimum atomic E-state index is -4.45. The third-order valence-corrected chi connectivity index (χ3v) is 3.70. The smallest absolute Gasteiger partial charge is 0.368 e. The SMILES string of the molecule is NCC1(CNc2ccc(C(F)(F)F)nn2)CCCC1. The Morgan fingerprint density at radius 1 is 1.21 bits per heavy atom. The van der Waals surface area contributed by atoms with Gasteiger partial charge in [-0.05, 0) is 36.9 Å². The lowest BCUT2D eigenvalue weighted by Gasteiger charge is -2.27. The van der Waals surface area contributed by atoms with Crippen LogP contribution in [-0.2, 0) is 6.18 Å². The minimum Gasteiger partial charge on any atom is -0.368 e. The summed E-state index contributed by atoms with van der Waals surface area (Å²) in [5, 5.41) is 9.76. The van der Waals surface area contributed by atoms with Gasteiger partial charge in [0.2, 0.25) is 0 Å². The van der Waals surface area contributed by atoms with E-state index in [1.807, 2.05) is 0 Å². The first-order valence-corrected chi connectivity index (χ1v) is 6.30. The maximum absolute atomic E-state index is 12.3. The molecule has 7 heteroatoms. The second kappa shape index (κ2) is 5.32. The zero-order valence-corrected chi connectivity index (χ0v) is 10.5. The summed E-state index contributed by atoms with van der Waals surface area (Å²) in [5.41, 5.74) is 4.86. The zero-order valence-electron chi connectivity index (χ0n) is 10.5. The summed E-state index contributed by atoms with van der Waals surface area (Å²) >= 11 is 0. The second-order valence-corrected chi connectivity index (χ2v) is 5.07. The van der Waals surface area contributed by atoms with Gasteiger partial charge in [-0.15, -0.1) is 10.2 Å². The van der Waals surface area contributed by atoms with Crippen molar-refractivity contribution in [1.29, 1.82) is 0 Å². The Bertz CT molecular complexity index is 410. The van der Waals surface area contributed by atoms with Crippen molar-refractivity contribution in [3.8, 4) is 0 Å². The maximum Gasteiger partial charge on any atom is 0.435 e. The Hall–Kier alpha value is -1.37. The highest BCUT2D eigenvalue weighted by Gasteiger charge is 2.34. The molecule has 1 aromatic heterocycles. The molecule has 0 radical (unpaired) electrons. The molecule has 106 valence electrons. The Labute approximate surface area is 109 Å². The van der Waals surface area contributed by atoms with Crippen molar-refractivity contribution in [2.45, 2.75) is 31.9 Å². The summed E-state index contributed by atoms with van der Waals surface area (Å²) in [7, 11) is 0. The van der Waals surface area contributed by atoms with Gasteiger partial charge < -0.3 is 11.1 Å². The third kappa shape index (κ3) is 3.34. The first-order valence-electron chi connectivity index (χ1n) is 6.30. The first kappa shape index (κ1) is 14.0. The van der Waals surface area contributed by atoms with Crippen molar-refractivity contribution < 1.29 is 13.2 Å². The van der Waals surface area contributed by atoms with Gasteiger partial charge in [-0.1, -0.05) is 12.8 Å². The normalized spacial score (nSPS) is 18.5. The number of nitrogens with one attached hydrogen (secondary N) is 1. The predicted molar refractivity (Wildman–Crippen MR) is 65.5 cm³/mol. The van der Waals surface area contributed by atoms with Crippen LogP contribution in [0.25, 0.3) is 0 Å². The van der Waals surface area contributed by atoms with Crippen molar-refractivity contribution >= 4 is 5.82 Å². The van der Waals surface area contributed by atoms with E-state index < -0.39 is 11.9 Å². The third-order valence-electron chi connectivity index (χ3n) is 3.70. The van der Waals surface area contributed by atoms with Gasteiger partial charge in [0.05, 0.1) is 0 Å². The van der Waals surface area contributed by atoms with Crippen LogP contribution in [0, 0.1) is 5.41 Å². The number of aromatic nitrogens is 2. The molecule has 2 rings (SSSR count). The van der Waals surface area contributed by atoms with Crippen LogP contribution in [0.4, 0.5) is 19.0 Å². The fourth-order valence-electron chi connectivity index (χ4n) is 2.43. The van der Waals surface area contributed by atoms with E-state index in [0.717, 1.165) is 31.7 Å². The largest absolute Gasteiger partial charge is 0.435 e. The van der Waals surface area contributed by atoms with E-state index in [1.165, 1.54) is 6.07 Å². The molecule has 0 atom stereocenters. The summed E-state index contributed by atoms with van der Waals surface area (Å²) in [6.07, 6.45) is -0.0558. The standard InChI is InChI=1S/C12H17F3N4/c13-12(14,15)9-3-4-10(19-18-9)17-8-11(7-16)5-1-2-6-11/h3-4H,1-2,5-8,16H2,(H,17,19). The molecule has 1 fully saturated rings. The van der Waals surface area contributed by atoms with Crippen LogP contribution in [0.3, 0.4) is 0 Å². The molecule has 0 saturated heterocycles. The van der Waals surface area contributed by atoms with E-state index in [2.05, 4.69) is 15.5 Å². The van der Waals surface area contributed by atoms with Crippen LogP contribution < -0.4 is 11.1 Å². The van der Waals surface area contributed by atoms with Gasteiger partial charge in [0.1, 0.15) is 5.82 Å². The van der Waals surface area contributed by atoms with Crippen LogP contribution >= 0.6 is 0 Å². The lowest BCUT2D eigenvalue weighted by molar-refractivity contribution is -0.141. The maximum atomic E-state index is 12.3. The van der Waals surface area contributed by atoms with Crippen molar-refractivity contribution in [2.24, 2.45) is 11.1 Å². The van der Waals surface area contributed by atoms with Gasteiger partial charge in [0.15, 0.2) is 5.69 Å². The highest BCUT2D eigenvalue weighted by Crippen LogP contribution is 2.37. The molecular formula is C12H17F3N4. The molecule has 0 bridgehead atoms. The lowest BCUT2D eigenvalue weighted by Crippen LogP contribution is -2.34. The highest BCUT2D eigenvalue weighted by atomic mass is 19.4. The Morgan fingerprint density at radius 2 is 1.89 bits per heavy atom. The number of halogens is 3. The van der Waals surface area contributed by atoms with Gasteiger partial charge in [-0.25, -0.2) is 0 Å². The average molecular weight is 274 g/mol. The fourth-order valence-corrected chi connectivity index (χ4v) is 2.43. The van der Waals surface area contributed by atoms with Crippen molar-refractivity contribution in [3.05, 3.63) is 17.8 Å². The van der Waals surface area contributed by atoms with Gasteiger partial charge in [-0.2, -0.15) is 13.2 Å². The van der Waals surface area contributed by atoms with E-state index >= 15 is 0 Å². The van der Waals surface area contributed by atoms with Crippen molar-refractivity contribution in [1.82, 2.24) is 10.2 Å². The van der Waals surface area contributed by atoms with Gasteiger partial charge in [0, 0.05) is 6.54 Å². The molecular weight excluding hydrogens is 257 g/mol. The van der Waals surface area contributed by atoms with E-state index in [-0.39, 0.29) is 5.41 Å². The number of anilines is 1. The monoisotopic (exact) mass is 274 g/mol. The molecule has 1 aliphatic carbocycles. The molecule has 0 spiro atoms. The summed E-state index contributed by atoms with van der Waals surface area (Å²) in [6, 6.07) is 2.23. The second-order valence-electron chi connectivity index (χ2n) is 5.07. The number of hydrogen-bond donors (Lipinski definition) is 2. The number of rotatable bonds is 4. The highest BCUT2D eigenvalue weighted by molar-refractivity contribution is 5.33. The summed E-state index contributed by atoms with van der Waals surface area (Å²) in [6.45, 7) is 1.21. The van der Waals surface area contributed by atoms with Crippen molar-refractivity contribution in [3.63, 3.8) is 0 Å². The minimum absolute atomic E-state index is 0.0460. The number of nitrogens with two attached hydrogens (primary N) is 1. The number of alkyl halides is 3.